The molecule has 0 radical (unpaired) electrons. The molecule has 3 heterocycles. The Kier molecular flexibility index (Phi) is 7.06. The molecular formula is C26H26F3N5OS. The maximum absolute atomic E-state index is 14.6. The number of halogens is 3. The van der Waals surface area contributed by atoms with Gasteiger partial charge in [0.15, 0.2) is 0 Å². The molecule has 0 saturated heterocycles. The Morgan fingerprint density at radius 2 is 1.86 bits per heavy atom. The van der Waals surface area contributed by atoms with Crippen molar-refractivity contribution in [3.05, 3.63) is 65.6 Å². The van der Waals surface area contributed by atoms with Gasteiger partial charge in [-0.25, -0.2) is 23.1 Å². The molecule has 1 fully saturated rings. The Morgan fingerprint density at radius 3 is 2.64 bits per heavy atom. The number of nitrogens with zero attached hydrogens (tertiary/aromatic N) is 3. The van der Waals surface area contributed by atoms with Crippen molar-refractivity contribution >= 4 is 27.4 Å². The van der Waals surface area contributed by atoms with Gasteiger partial charge in [-0.3, -0.25) is 4.98 Å². The van der Waals surface area contributed by atoms with E-state index in [-0.39, 0.29) is 18.9 Å². The number of thiophene rings is 1. The van der Waals surface area contributed by atoms with Crippen molar-refractivity contribution < 1.29 is 17.9 Å². The fourth-order valence-corrected chi connectivity index (χ4v) is 5.47. The fourth-order valence-electron chi connectivity index (χ4n) is 4.63. The van der Waals surface area contributed by atoms with E-state index in [1.165, 1.54) is 17.7 Å². The highest BCUT2D eigenvalue weighted by Crippen LogP contribution is 2.36. The monoisotopic (exact) mass is 513 g/mol. The molecule has 0 aliphatic heterocycles. The molecular weight excluding hydrogens is 487 g/mol. The molecule has 4 aromatic rings. The molecule has 10 heteroatoms. The summed E-state index contributed by atoms with van der Waals surface area (Å²) in [6.45, 7) is -0.113. The van der Waals surface area contributed by atoms with Crippen molar-refractivity contribution in [1.29, 1.82) is 0 Å². The van der Waals surface area contributed by atoms with Gasteiger partial charge < -0.3 is 15.4 Å². The van der Waals surface area contributed by atoms with Crippen molar-refractivity contribution in [2.24, 2.45) is 0 Å². The van der Waals surface area contributed by atoms with E-state index >= 15 is 0 Å². The summed E-state index contributed by atoms with van der Waals surface area (Å²) in [6, 6.07) is 10.7. The summed E-state index contributed by atoms with van der Waals surface area (Å²) in [5, 5.41) is 7.15. The third-order valence-corrected chi connectivity index (χ3v) is 7.35. The Bertz CT molecular complexity index is 1330. The lowest BCUT2D eigenvalue weighted by molar-refractivity contribution is -0.0480. The molecule has 0 bridgehead atoms. The normalized spacial score (nSPS) is 19.3. The van der Waals surface area contributed by atoms with Crippen LogP contribution in [0.15, 0.2) is 55.1 Å². The van der Waals surface area contributed by atoms with E-state index < -0.39 is 18.6 Å². The van der Waals surface area contributed by atoms with Crippen LogP contribution in [0.1, 0.15) is 29.7 Å². The third-order valence-electron chi connectivity index (χ3n) is 6.34. The predicted molar refractivity (Wildman–Crippen MR) is 135 cm³/mol. The molecule has 2 unspecified atom stereocenters. The first kappa shape index (κ1) is 24.5. The van der Waals surface area contributed by atoms with Crippen LogP contribution in [0.3, 0.4) is 0 Å². The SMILES string of the molecule is COc1cncc(-c2ccc(CNC3CC(Nc4ncnc5sc(CF)cc45)CC(F)(F)C3)cc2)c1. The number of rotatable bonds is 8. The van der Waals surface area contributed by atoms with Crippen LogP contribution < -0.4 is 15.4 Å². The molecule has 2 atom stereocenters. The van der Waals surface area contributed by atoms with Crippen molar-refractivity contribution in [3.63, 3.8) is 0 Å². The molecule has 3 aromatic heterocycles. The highest BCUT2D eigenvalue weighted by Gasteiger charge is 2.41. The van der Waals surface area contributed by atoms with E-state index in [0.717, 1.165) is 16.7 Å². The lowest BCUT2D eigenvalue weighted by atomic mass is 9.87. The van der Waals surface area contributed by atoms with Crippen molar-refractivity contribution in [1.82, 2.24) is 20.3 Å². The van der Waals surface area contributed by atoms with Crippen LogP contribution in [-0.2, 0) is 13.2 Å². The van der Waals surface area contributed by atoms with Crippen LogP contribution in [0.25, 0.3) is 21.3 Å². The third kappa shape index (κ3) is 5.60. The van der Waals surface area contributed by atoms with Gasteiger partial charge in [0.2, 0.25) is 0 Å². The molecule has 0 spiro atoms. The quantitative estimate of drug-likeness (QED) is 0.302. The largest absolute Gasteiger partial charge is 0.495 e. The second-order valence-corrected chi connectivity index (χ2v) is 10.1. The number of fused-ring (bicyclic) bond motifs is 1. The highest BCUT2D eigenvalue weighted by atomic mass is 32.1. The van der Waals surface area contributed by atoms with Gasteiger partial charge in [-0.2, -0.15) is 0 Å². The van der Waals surface area contributed by atoms with Gasteiger partial charge in [-0.15, -0.1) is 11.3 Å². The average Bonchev–Trinajstić information content (AvgIpc) is 3.32. The summed E-state index contributed by atoms with van der Waals surface area (Å²) in [6.07, 6.45) is 4.83. The maximum atomic E-state index is 14.6. The van der Waals surface area contributed by atoms with Crippen LogP contribution in [-0.4, -0.2) is 40.1 Å². The molecule has 1 aliphatic rings. The van der Waals surface area contributed by atoms with Gasteiger partial charge >= 0.3 is 0 Å². The number of hydrogen-bond donors (Lipinski definition) is 2. The number of hydrogen-bond acceptors (Lipinski definition) is 7. The van der Waals surface area contributed by atoms with Crippen molar-refractivity contribution in [2.45, 2.75) is 50.5 Å². The molecule has 1 saturated carbocycles. The van der Waals surface area contributed by atoms with E-state index in [1.807, 2.05) is 30.3 Å². The molecule has 1 aromatic carbocycles. The lowest BCUT2D eigenvalue weighted by Crippen LogP contribution is -2.46. The number of alkyl halides is 3. The first-order valence-electron chi connectivity index (χ1n) is 11.7. The summed E-state index contributed by atoms with van der Waals surface area (Å²) >= 11 is 1.24. The molecule has 188 valence electrons. The van der Waals surface area contributed by atoms with Gasteiger partial charge in [0.1, 0.15) is 29.4 Å². The number of anilines is 1. The summed E-state index contributed by atoms with van der Waals surface area (Å²) in [4.78, 5) is 13.8. The van der Waals surface area contributed by atoms with Crippen molar-refractivity contribution in [2.75, 3.05) is 12.4 Å². The van der Waals surface area contributed by atoms with Gasteiger partial charge in [-0.05, 0) is 29.7 Å². The minimum atomic E-state index is -2.80. The van der Waals surface area contributed by atoms with Crippen LogP contribution in [0.2, 0.25) is 0 Å². The fraction of sp³-hybridized carbons (Fsp3) is 0.346. The first-order chi connectivity index (χ1) is 17.4. The molecule has 2 N–H and O–H groups in total. The summed E-state index contributed by atoms with van der Waals surface area (Å²) < 4.78 is 47.6. The Morgan fingerprint density at radius 1 is 1.06 bits per heavy atom. The number of ether oxygens (including phenoxy) is 1. The Balaban J connectivity index is 1.23. The summed E-state index contributed by atoms with van der Waals surface area (Å²) in [5.74, 6) is -1.65. The minimum absolute atomic E-state index is 0.220. The topological polar surface area (TPSA) is 72.0 Å². The van der Waals surface area contributed by atoms with Gasteiger partial charge in [0.05, 0.1) is 18.7 Å². The van der Waals surface area contributed by atoms with Crippen LogP contribution in [0.4, 0.5) is 19.0 Å². The van der Waals surface area contributed by atoms with E-state index in [9.17, 15) is 13.2 Å². The predicted octanol–water partition coefficient (Wildman–Crippen LogP) is 5.99. The van der Waals surface area contributed by atoms with Gasteiger partial charge in [0, 0.05) is 48.1 Å². The first-order valence-corrected chi connectivity index (χ1v) is 12.5. The molecule has 0 amide bonds. The zero-order valence-electron chi connectivity index (χ0n) is 19.7. The average molecular weight is 514 g/mol. The number of pyridine rings is 1. The smallest absolute Gasteiger partial charge is 0.251 e. The number of benzene rings is 1. The standard InChI is InChI=1S/C26H26F3N5OS/c1-35-21-6-18(13-30-14-21)17-4-2-16(3-5-17)12-31-19-7-20(10-26(28,29)9-19)34-24-23-8-22(11-27)36-25(23)33-15-32-24/h2-6,8,13-15,19-20,31H,7,9-12H2,1H3,(H,32,33,34). The summed E-state index contributed by atoms with van der Waals surface area (Å²) in [5.41, 5.74) is 2.94. The lowest BCUT2D eigenvalue weighted by Gasteiger charge is -2.36. The van der Waals surface area contributed by atoms with Gasteiger partial charge in [0.25, 0.3) is 5.92 Å². The second kappa shape index (κ2) is 10.4. The van der Waals surface area contributed by atoms with E-state index in [2.05, 4.69) is 25.6 Å². The Labute approximate surface area is 211 Å². The summed E-state index contributed by atoms with van der Waals surface area (Å²) in [7, 11) is 1.60. The molecule has 1 aliphatic carbocycles. The number of nitrogens with one attached hydrogen (secondary N) is 2. The van der Waals surface area contributed by atoms with E-state index in [4.69, 9.17) is 4.74 Å². The second-order valence-electron chi connectivity index (χ2n) is 9.02. The highest BCUT2D eigenvalue weighted by molar-refractivity contribution is 7.18. The molecule has 36 heavy (non-hydrogen) atoms. The number of aromatic nitrogens is 3. The zero-order valence-corrected chi connectivity index (χ0v) is 20.5. The van der Waals surface area contributed by atoms with E-state index in [1.54, 1.807) is 25.6 Å². The van der Waals surface area contributed by atoms with E-state index in [0.29, 0.717) is 39.6 Å². The Hall–Kier alpha value is -3.24. The molecule has 6 nitrogen and oxygen atoms in total. The molecule has 5 rings (SSSR count). The van der Waals surface area contributed by atoms with Crippen LogP contribution in [0.5, 0.6) is 5.75 Å². The maximum Gasteiger partial charge on any atom is 0.251 e. The minimum Gasteiger partial charge on any atom is -0.495 e. The van der Waals surface area contributed by atoms with Gasteiger partial charge in [-0.1, -0.05) is 24.3 Å². The van der Waals surface area contributed by atoms with Crippen molar-refractivity contribution in [3.8, 4) is 16.9 Å². The number of methoxy groups -OCH3 is 1. The van der Waals surface area contributed by atoms with Crippen LogP contribution >= 0.6 is 11.3 Å². The zero-order chi connectivity index (χ0) is 25.1. The van der Waals surface area contributed by atoms with Crippen LogP contribution in [0, 0.1) is 0 Å².